The minimum Gasteiger partial charge on any atom is -0.310 e. The number of nitrogens with one attached hydrogen (secondary N) is 1. The molecule has 0 spiro atoms. The highest BCUT2D eigenvalue weighted by molar-refractivity contribution is 9.10. The van der Waals surface area contributed by atoms with Crippen LogP contribution in [0.25, 0.3) is 0 Å². The molecule has 1 aliphatic heterocycles. The second-order valence-electron chi connectivity index (χ2n) is 5.08. The minimum absolute atomic E-state index is 0.0124. The molecule has 1 amide bonds. The van der Waals surface area contributed by atoms with E-state index >= 15 is 0 Å². The summed E-state index contributed by atoms with van der Waals surface area (Å²) >= 11 is 3.53. The standard InChI is InChI=1S/C14H17BrN2O/c15-11-4-1-2-6-13(11)17-9-3-5-12(14(17)18)16-10-7-8-10/h1-2,4,6,10,12,16H,3,5,7-9H2. The summed E-state index contributed by atoms with van der Waals surface area (Å²) in [7, 11) is 0. The first-order valence-corrected chi connectivity index (χ1v) is 7.37. The molecule has 1 N–H and O–H groups in total. The number of carbonyl (C=O) groups excluding carboxylic acids is 1. The second kappa shape index (κ2) is 5.02. The van der Waals surface area contributed by atoms with Gasteiger partial charge in [0.2, 0.25) is 5.91 Å². The van der Waals surface area contributed by atoms with Gasteiger partial charge in [-0.05, 0) is 53.7 Å². The summed E-state index contributed by atoms with van der Waals surface area (Å²) in [6.07, 6.45) is 4.48. The average molecular weight is 309 g/mol. The Labute approximate surface area is 116 Å². The monoisotopic (exact) mass is 308 g/mol. The first-order chi connectivity index (χ1) is 8.75. The molecular formula is C14H17BrN2O. The molecule has 1 aliphatic carbocycles. The van der Waals surface area contributed by atoms with Crippen LogP contribution < -0.4 is 10.2 Å². The van der Waals surface area contributed by atoms with Crippen LogP contribution in [-0.2, 0) is 4.79 Å². The van der Waals surface area contributed by atoms with Crippen molar-refractivity contribution in [2.24, 2.45) is 0 Å². The van der Waals surface area contributed by atoms with Crippen molar-refractivity contribution in [3.63, 3.8) is 0 Å². The van der Waals surface area contributed by atoms with Crippen molar-refractivity contribution >= 4 is 27.5 Å². The summed E-state index contributed by atoms with van der Waals surface area (Å²) < 4.78 is 0.991. The number of piperidine rings is 1. The summed E-state index contributed by atoms with van der Waals surface area (Å²) in [5, 5.41) is 3.46. The van der Waals surface area contributed by atoms with Crippen LogP contribution in [0, 0.1) is 0 Å². The van der Waals surface area contributed by atoms with Gasteiger partial charge in [-0.2, -0.15) is 0 Å². The Morgan fingerprint density at radius 1 is 1.22 bits per heavy atom. The highest BCUT2D eigenvalue weighted by Crippen LogP contribution is 2.30. The molecule has 1 aromatic carbocycles. The van der Waals surface area contributed by atoms with E-state index in [1.807, 2.05) is 29.2 Å². The van der Waals surface area contributed by atoms with Crippen molar-refractivity contribution in [1.82, 2.24) is 5.32 Å². The lowest BCUT2D eigenvalue weighted by molar-refractivity contribution is -0.121. The molecule has 0 radical (unpaired) electrons. The number of carbonyl (C=O) groups is 1. The molecule has 0 bridgehead atoms. The van der Waals surface area contributed by atoms with Gasteiger partial charge in [-0.3, -0.25) is 4.79 Å². The smallest absolute Gasteiger partial charge is 0.244 e. The number of halogens is 1. The lowest BCUT2D eigenvalue weighted by atomic mass is 10.0. The SMILES string of the molecule is O=C1C(NC2CC2)CCCN1c1ccccc1Br. The zero-order chi connectivity index (χ0) is 12.5. The Morgan fingerprint density at radius 3 is 2.72 bits per heavy atom. The first kappa shape index (κ1) is 12.2. The number of anilines is 1. The summed E-state index contributed by atoms with van der Waals surface area (Å²) in [4.78, 5) is 14.4. The van der Waals surface area contributed by atoms with Gasteiger partial charge in [-0.1, -0.05) is 12.1 Å². The van der Waals surface area contributed by atoms with Crippen LogP contribution in [0.5, 0.6) is 0 Å². The third kappa shape index (κ3) is 2.45. The summed E-state index contributed by atoms with van der Waals surface area (Å²) in [5.41, 5.74) is 0.991. The lowest BCUT2D eigenvalue weighted by Crippen LogP contribution is -2.51. The van der Waals surface area contributed by atoms with E-state index in [4.69, 9.17) is 0 Å². The number of nitrogens with zero attached hydrogens (tertiary/aromatic N) is 1. The van der Waals surface area contributed by atoms with Crippen LogP contribution in [0.4, 0.5) is 5.69 Å². The number of rotatable bonds is 3. The Balaban J connectivity index is 1.79. The lowest BCUT2D eigenvalue weighted by Gasteiger charge is -2.33. The fourth-order valence-electron chi connectivity index (χ4n) is 2.47. The quantitative estimate of drug-likeness (QED) is 0.931. The summed E-state index contributed by atoms with van der Waals surface area (Å²) in [5.74, 6) is 0.222. The Morgan fingerprint density at radius 2 is 2.00 bits per heavy atom. The fraction of sp³-hybridized carbons (Fsp3) is 0.500. The number of hydrogen-bond donors (Lipinski definition) is 1. The zero-order valence-electron chi connectivity index (χ0n) is 10.2. The Kier molecular flexibility index (Phi) is 3.39. The van der Waals surface area contributed by atoms with E-state index in [0.29, 0.717) is 6.04 Å². The van der Waals surface area contributed by atoms with Gasteiger partial charge in [0.15, 0.2) is 0 Å². The fourth-order valence-corrected chi connectivity index (χ4v) is 2.97. The maximum atomic E-state index is 12.5. The largest absolute Gasteiger partial charge is 0.310 e. The van der Waals surface area contributed by atoms with Crippen LogP contribution in [-0.4, -0.2) is 24.5 Å². The Hall–Kier alpha value is -0.870. The van der Waals surface area contributed by atoms with Gasteiger partial charge in [0.25, 0.3) is 0 Å². The minimum atomic E-state index is 0.0124. The first-order valence-electron chi connectivity index (χ1n) is 6.57. The van der Waals surface area contributed by atoms with Gasteiger partial charge in [0.05, 0.1) is 11.7 Å². The van der Waals surface area contributed by atoms with Crippen LogP contribution in [0.3, 0.4) is 0 Å². The number of amides is 1. The van der Waals surface area contributed by atoms with E-state index in [9.17, 15) is 4.79 Å². The molecule has 3 rings (SSSR count). The molecule has 96 valence electrons. The van der Waals surface area contributed by atoms with Crippen molar-refractivity contribution < 1.29 is 4.79 Å². The zero-order valence-corrected chi connectivity index (χ0v) is 11.8. The van der Waals surface area contributed by atoms with Gasteiger partial charge in [0, 0.05) is 17.1 Å². The normalized spacial score (nSPS) is 24.4. The maximum absolute atomic E-state index is 12.5. The number of benzene rings is 1. The van der Waals surface area contributed by atoms with E-state index in [2.05, 4.69) is 21.2 Å². The second-order valence-corrected chi connectivity index (χ2v) is 5.93. The Bertz CT molecular complexity index is 459. The molecular weight excluding hydrogens is 292 g/mol. The van der Waals surface area contributed by atoms with Crippen LogP contribution in [0.1, 0.15) is 25.7 Å². The van der Waals surface area contributed by atoms with Gasteiger partial charge in [-0.15, -0.1) is 0 Å². The highest BCUT2D eigenvalue weighted by Gasteiger charge is 2.34. The van der Waals surface area contributed by atoms with Gasteiger partial charge in [0.1, 0.15) is 0 Å². The molecule has 2 fully saturated rings. The molecule has 1 heterocycles. The van der Waals surface area contributed by atoms with E-state index < -0.39 is 0 Å². The summed E-state index contributed by atoms with van der Waals surface area (Å²) in [6.45, 7) is 0.824. The number of hydrogen-bond acceptors (Lipinski definition) is 2. The van der Waals surface area contributed by atoms with E-state index in [-0.39, 0.29) is 11.9 Å². The molecule has 3 nitrogen and oxygen atoms in total. The third-order valence-corrected chi connectivity index (χ3v) is 4.27. The van der Waals surface area contributed by atoms with Crippen molar-refractivity contribution in [2.45, 2.75) is 37.8 Å². The van der Waals surface area contributed by atoms with Gasteiger partial charge in [-0.25, -0.2) is 0 Å². The molecule has 0 aromatic heterocycles. The van der Waals surface area contributed by atoms with Gasteiger partial charge < -0.3 is 10.2 Å². The van der Waals surface area contributed by atoms with Crippen molar-refractivity contribution in [1.29, 1.82) is 0 Å². The predicted molar refractivity (Wildman–Crippen MR) is 75.7 cm³/mol. The molecule has 1 saturated carbocycles. The van der Waals surface area contributed by atoms with E-state index in [1.54, 1.807) is 0 Å². The van der Waals surface area contributed by atoms with E-state index in [1.165, 1.54) is 12.8 Å². The topological polar surface area (TPSA) is 32.3 Å². The van der Waals surface area contributed by atoms with Crippen LogP contribution in [0.2, 0.25) is 0 Å². The highest BCUT2D eigenvalue weighted by atomic mass is 79.9. The molecule has 1 saturated heterocycles. The number of para-hydroxylation sites is 1. The van der Waals surface area contributed by atoms with Crippen LogP contribution in [0.15, 0.2) is 28.7 Å². The molecule has 1 unspecified atom stereocenters. The molecule has 1 atom stereocenters. The van der Waals surface area contributed by atoms with Gasteiger partial charge >= 0.3 is 0 Å². The third-order valence-electron chi connectivity index (χ3n) is 3.60. The van der Waals surface area contributed by atoms with Crippen LogP contribution >= 0.6 is 15.9 Å². The average Bonchev–Trinajstić information content (AvgIpc) is 3.17. The maximum Gasteiger partial charge on any atom is 0.244 e. The van der Waals surface area contributed by atoms with Crippen molar-refractivity contribution in [3.05, 3.63) is 28.7 Å². The molecule has 2 aliphatic rings. The predicted octanol–water partition coefficient (Wildman–Crippen LogP) is 2.70. The van der Waals surface area contributed by atoms with Crippen molar-refractivity contribution in [3.8, 4) is 0 Å². The molecule has 4 heteroatoms. The molecule has 18 heavy (non-hydrogen) atoms. The van der Waals surface area contributed by atoms with E-state index in [0.717, 1.165) is 29.5 Å². The summed E-state index contributed by atoms with van der Waals surface area (Å²) in [6, 6.07) is 8.53. The van der Waals surface area contributed by atoms with Crippen molar-refractivity contribution in [2.75, 3.05) is 11.4 Å². The molecule has 1 aromatic rings.